The normalized spacial score (nSPS) is 17.1. The van der Waals surface area contributed by atoms with Crippen LogP contribution in [0.5, 0.6) is 5.75 Å². The van der Waals surface area contributed by atoms with Gasteiger partial charge in [-0.3, -0.25) is 9.89 Å². The van der Waals surface area contributed by atoms with Crippen LogP contribution in [0.25, 0.3) is 11.1 Å². The van der Waals surface area contributed by atoms with E-state index in [1.165, 1.54) is 0 Å². The smallest absolute Gasteiger partial charge is 0.268 e. The van der Waals surface area contributed by atoms with Crippen molar-refractivity contribution in [2.45, 2.75) is 19.4 Å². The number of nitrogens with one attached hydrogen (secondary N) is 1. The number of aryl methyl sites for hydroxylation is 1. The third-order valence-corrected chi connectivity index (χ3v) is 4.43. The minimum atomic E-state index is -0.421. The quantitative estimate of drug-likeness (QED) is 0.794. The summed E-state index contributed by atoms with van der Waals surface area (Å²) in [6.45, 7) is 2.68. The third kappa shape index (κ3) is 3.13. The van der Waals surface area contributed by atoms with Gasteiger partial charge in [0.2, 0.25) is 0 Å². The molecule has 0 saturated carbocycles. The Morgan fingerprint density at radius 3 is 2.72 bits per heavy atom. The highest BCUT2D eigenvalue weighted by molar-refractivity contribution is 5.99. The number of rotatable bonds is 4. The van der Waals surface area contributed by atoms with Crippen LogP contribution in [0, 0.1) is 6.92 Å². The summed E-state index contributed by atoms with van der Waals surface area (Å²) in [5.41, 5.74) is 4.11. The van der Waals surface area contributed by atoms with E-state index in [1.807, 2.05) is 61.7 Å². The first-order valence-electron chi connectivity index (χ1n) is 8.34. The average Bonchev–Trinajstić information content (AvgIpc) is 3.27. The van der Waals surface area contributed by atoms with E-state index in [0.29, 0.717) is 13.0 Å². The summed E-state index contributed by atoms with van der Waals surface area (Å²) in [4.78, 5) is 14.5. The monoisotopic (exact) mass is 333 g/mol. The maximum atomic E-state index is 12.7. The standard InChI is InChI=1S/C20H19N3O2/c1-14-3-2-4-18(11-14)25-19-9-10-23(20(19)24)17-7-5-15(6-8-17)16-12-21-22-13-16/h2-8,11-13,19H,9-10H2,1H3,(H,21,22). The molecule has 25 heavy (non-hydrogen) atoms. The average molecular weight is 333 g/mol. The van der Waals surface area contributed by atoms with Crippen LogP contribution in [0.15, 0.2) is 60.9 Å². The molecule has 5 heteroatoms. The molecule has 1 N–H and O–H groups in total. The van der Waals surface area contributed by atoms with Gasteiger partial charge in [0.15, 0.2) is 6.10 Å². The molecule has 0 spiro atoms. The topological polar surface area (TPSA) is 58.2 Å². The lowest BCUT2D eigenvalue weighted by Crippen LogP contribution is -2.32. The number of aromatic nitrogens is 2. The Bertz CT molecular complexity index is 872. The van der Waals surface area contributed by atoms with Crippen LogP contribution in [0.2, 0.25) is 0 Å². The molecule has 5 nitrogen and oxygen atoms in total. The number of hydrogen-bond donors (Lipinski definition) is 1. The molecule has 0 radical (unpaired) electrons. The molecule has 3 aromatic rings. The minimum absolute atomic E-state index is 0.0116. The molecule has 2 heterocycles. The SMILES string of the molecule is Cc1cccc(OC2CCN(c3ccc(-c4cn[nH]c4)cc3)C2=O)c1. The van der Waals surface area contributed by atoms with E-state index in [2.05, 4.69) is 10.2 Å². The van der Waals surface area contributed by atoms with Gasteiger partial charge in [-0.15, -0.1) is 0 Å². The zero-order valence-corrected chi connectivity index (χ0v) is 14.0. The number of H-pyrrole nitrogens is 1. The molecule has 1 saturated heterocycles. The Labute approximate surface area is 146 Å². The van der Waals surface area contributed by atoms with Gasteiger partial charge in [-0.1, -0.05) is 24.3 Å². The minimum Gasteiger partial charge on any atom is -0.481 e. The van der Waals surface area contributed by atoms with Crippen molar-refractivity contribution in [1.82, 2.24) is 10.2 Å². The Balaban J connectivity index is 1.48. The number of ether oxygens (including phenoxy) is 1. The van der Waals surface area contributed by atoms with E-state index in [0.717, 1.165) is 28.1 Å². The molecule has 4 rings (SSSR count). The Morgan fingerprint density at radius 1 is 1.16 bits per heavy atom. The van der Waals surface area contributed by atoms with Gasteiger partial charge in [0.25, 0.3) is 5.91 Å². The van der Waals surface area contributed by atoms with Gasteiger partial charge in [-0.25, -0.2) is 0 Å². The second-order valence-electron chi connectivity index (χ2n) is 6.24. The van der Waals surface area contributed by atoms with Gasteiger partial charge in [-0.2, -0.15) is 5.10 Å². The van der Waals surface area contributed by atoms with E-state index < -0.39 is 6.10 Å². The van der Waals surface area contributed by atoms with Gasteiger partial charge in [0.05, 0.1) is 6.20 Å². The number of benzene rings is 2. The zero-order chi connectivity index (χ0) is 17.2. The summed E-state index contributed by atoms with van der Waals surface area (Å²) >= 11 is 0. The van der Waals surface area contributed by atoms with Crippen LogP contribution in [0.1, 0.15) is 12.0 Å². The zero-order valence-electron chi connectivity index (χ0n) is 14.0. The molecule has 126 valence electrons. The fraction of sp³-hybridized carbons (Fsp3) is 0.200. The summed E-state index contributed by atoms with van der Waals surface area (Å²) in [5.74, 6) is 0.757. The van der Waals surface area contributed by atoms with Crippen LogP contribution in [-0.2, 0) is 4.79 Å². The summed E-state index contributed by atoms with van der Waals surface area (Å²) < 4.78 is 5.90. The largest absolute Gasteiger partial charge is 0.481 e. The molecule has 0 bridgehead atoms. The van der Waals surface area contributed by atoms with E-state index >= 15 is 0 Å². The van der Waals surface area contributed by atoms with Crippen molar-refractivity contribution in [3.63, 3.8) is 0 Å². The molecule has 1 fully saturated rings. The van der Waals surface area contributed by atoms with Crippen LogP contribution in [-0.4, -0.2) is 28.8 Å². The maximum Gasteiger partial charge on any atom is 0.268 e. The number of amides is 1. The maximum absolute atomic E-state index is 12.7. The molecular formula is C20H19N3O2. The first-order chi connectivity index (χ1) is 12.2. The molecule has 0 aliphatic carbocycles. The van der Waals surface area contributed by atoms with Crippen molar-refractivity contribution in [3.05, 3.63) is 66.5 Å². The van der Waals surface area contributed by atoms with E-state index in [9.17, 15) is 4.79 Å². The van der Waals surface area contributed by atoms with Crippen LogP contribution >= 0.6 is 0 Å². The lowest BCUT2D eigenvalue weighted by Gasteiger charge is -2.17. The lowest BCUT2D eigenvalue weighted by atomic mass is 10.1. The van der Waals surface area contributed by atoms with Crippen LogP contribution < -0.4 is 9.64 Å². The van der Waals surface area contributed by atoms with Gasteiger partial charge in [0, 0.05) is 30.4 Å². The Hall–Kier alpha value is -3.08. The second kappa shape index (κ2) is 6.43. The number of carbonyl (C=O) groups is 1. The molecular weight excluding hydrogens is 314 g/mol. The van der Waals surface area contributed by atoms with Crippen molar-refractivity contribution in [2.24, 2.45) is 0 Å². The molecule has 1 unspecified atom stereocenters. The molecule has 1 atom stereocenters. The van der Waals surface area contributed by atoms with Crippen molar-refractivity contribution >= 4 is 11.6 Å². The van der Waals surface area contributed by atoms with E-state index in [-0.39, 0.29) is 5.91 Å². The number of nitrogens with zero attached hydrogens (tertiary/aromatic N) is 2. The number of aromatic amines is 1. The molecule has 1 aliphatic heterocycles. The van der Waals surface area contributed by atoms with Crippen molar-refractivity contribution in [3.8, 4) is 16.9 Å². The molecule has 1 amide bonds. The first-order valence-corrected chi connectivity index (χ1v) is 8.34. The molecule has 2 aromatic carbocycles. The van der Waals surface area contributed by atoms with Crippen LogP contribution in [0.3, 0.4) is 0 Å². The highest BCUT2D eigenvalue weighted by Crippen LogP contribution is 2.27. The fourth-order valence-corrected chi connectivity index (χ4v) is 3.12. The fourth-order valence-electron chi connectivity index (χ4n) is 3.12. The number of anilines is 1. The number of hydrogen-bond acceptors (Lipinski definition) is 3. The van der Waals surface area contributed by atoms with Gasteiger partial charge < -0.3 is 9.64 Å². The highest BCUT2D eigenvalue weighted by Gasteiger charge is 2.34. The van der Waals surface area contributed by atoms with Crippen molar-refractivity contribution in [1.29, 1.82) is 0 Å². The Kier molecular flexibility index (Phi) is 3.98. The number of carbonyl (C=O) groups excluding carboxylic acids is 1. The molecule has 1 aromatic heterocycles. The molecule has 1 aliphatic rings. The van der Waals surface area contributed by atoms with Gasteiger partial charge in [0.1, 0.15) is 5.75 Å². The predicted molar refractivity (Wildman–Crippen MR) is 96.6 cm³/mol. The summed E-state index contributed by atoms with van der Waals surface area (Å²) in [6, 6.07) is 15.7. The van der Waals surface area contributed by atoms with E-state index in [1.54, 1.807) is 11.1 Å². The van der Waals surface area contributed by atoms with Gasteiger partial charge >= 0.3 is 0 Å². The third-order valence-electron chi connectivity index (χ3n) is 4.43. The van der Waals surface area contributed by atoms with Gasteiger partial charge in [-0.05, 0) is 42.3 Å². The lowest BCUT2D eigenvalue weighted by molar-refractivity contribution is -0.122. The van der Waals surface area contributed by atoms with E-state index in [4.69, 9.17) is 4.74 Å². The predicted octanol–water partition coefficient (Wildman–Crippen LogP) is 3.57. The second-order valence-corrected chi connectivity index (χ2v) is 6.24. The first kappa shape index (κ1) is 15.4. The highest BCUT2D eigenvalue weighted by atomic mass is 16.5. The summed E-state index contributed by atoms with van der Waals surface area (Å²) in [6.07, 6.45) is 3.90. The van der Waals surface area contributed by atoms with Crippen LogP contribution in [0.4, 0.5) is 5.69 Å². The summed E-state index contributed by atoms with van der Waals surface area (Å²) in [7, 11) is 0. The Morgan fingerprint density at radius 2 is 2.00 bits per heavy atom. The summed E-state index contributed by atoms with van der Waals surface area (Å²) in [5, 5.41) is 6.77. The van der Waals surface area contributed by atoms with Crippen molar-refractivity contribution in [2.75, 3.05) is 11.4 Å². The van der Waals surface area contributed by atoms with Crippen molar-refractivity contribution < 1.29 is 9.53 Å².